The average molecular weight is 1220 g/mol. The zero-order valence-electron chi connectivity index (χ0n) is 57.1. The fourth-order valence-corrected chi connectivity index (χ4v) is 10.9. The maximum Gasteiger partial charge on any atom is 0.307 e. The minimum atomic E-state index is -0.265. The molecule has 1 aliphatic heterocycles. The van der Waals surface area contributed by atoms with Crippen molar-refractivity contribution < 1.29 is 57.2 Å². The van der Waals surface area contributed by atoms with Gasteiger partial charge in [0.2, 0.25) is 0 Å². The Morgan fingerprint density at radius 2 is 0.523 bits per heavy atom. The topological polar surface area (TPSA) is 171 Å². The molecule has 1 rings (SSSR count). The second-order valence-corrected chi connectivity index (χ2v) is 26.7. The molecule has 0 saturated carbocycles. The Morgan fingerprint density at radius 1 is 0.302 bits per heavy atom. The standard InChI is InChI=1S/C70H132N4O12/c1-59(2)33-23-15-11-19-27-51-81-67(77)39-45-71(46-40-68(78)82-52-28-20-12-16-24-34-60(3)4)43-31-37-65(75)85-55-49-73-57-64(10)74(58-63(73)9)50-56-86-66(76)38-32-44-72(47-41-69(79)83-53-29-21-13-17-25-35-61(5)6)48-42-70(80)84-54-30-22-14-18-26-36-62(7)8/h59-64H,11-58H2,1-10H3. The lowest BCUT2D eigenvalue weighted by molar-refractivity contribution is -0.146. The van der Waals surface area contributed by atoms with E-state index in [2.05, 4.69) is 88.8 Å². The van der Waals surface area contributed by atoms with Crippen LogP contribution < -0.4 is 0 Å². The van der Waals surface area contributed by atoms with Crippen LogP contribution in [0.25, 0.3) is 0 Å². The highest BCUT2D eigenvalue weighted by Crippen LogP contribution is 2.18. The van der Waals surface area contributed by atoms with E-state index in [9.17, 15) is 28.8 Å². The van der Waals surface area contributed by atoms with Crippen LogP contribution >= 0.6 is 0 Å². The number of rotatable bonds is 58. The molecule has 2 atom stereocenters. The zero-order chi connectivity index (χ0) is 63.4. The molecule has 0 aromatic carbocycles. The first-order valence-corrected chi connectivity index (χ1v) is 35.2. The summed E-state index contributed by atoms with van der Waals surface area (Å²) in [6, 6.07) is 0.419. The van der Waals surface area contributed by atoms with Crippen molar-refractivity contribution in [3.8, 4) is 0 Å². The van der Waals surface area contributed by atoms with E-state index in [1.54, 1.807) is 0 Å². The van der Waals surface area contributed by atoms with Crippen molar-refractivity contribution >= 4 is 35.8 Å². The lowest BCUT2D eigenvalue weighted by atomic mass is 10.0. The maximum absolute atomic E-state index is 13.0. The first-order valence-electron chi connectivity index (χ1n) is 35.2. The summed E-state index contributed by atoms with van der Waals surface area (Å²) in [5.41, 5.74) is 0. The molecule has 16 heteroatoms. The summed E-state index contributed by atoms with van der Waals surface area (Å²) in [6.45, 7) is 30.3. The summed E-state index contributed by atoms with van der Waals surface area (Å²) in [7, 11) is 0. The van der Waals surface area contributed by atoms with Gasteiger partial charge in [-0.25, -0.2) is 0 Å². The van der Waals surface area contributed by atoms with Crippen LogP contribution in [0.5, 0.6) is 0 Å². The third kappa shape index (κ3) is 50.5. The van der Waals surface area contributed by atoms with Crippen LogP contribution in [-0.2, 0) is 57.2 Å². The molecule has 1 fully saturated rings. The number of carbonyl (C=O) groups is 6. The fraction of sp³-hybridized carbons (Fsp3) is 0.914. The molecule has 0 aromatic heterocycles. The van der Waals surface area contributed by atoms with Crippen molar-refractivity contribution in [2.75, 3.05) is 105 Å². The molecule has 0 bridgehead atoms. The SMILES string of the molecule is CC(C)CCCCCCCOC(=O)CCN(CCCC(=O)OCCN1CC(C)N(CCOC(=O)CCCN(CCC(=O)OCCCCCCCC(C)C)CCC(=O)OCCCCCCCC(C)C)CC1C)CCC(=O)OCCCCCCCC(C)C. The summed E-state index contributed by atoms with van der Waals surface area (Å²) in [6.07, 6.45) is 29.6. The molecule has 16 nitrogen and oxygen atoms in total. The van der Waals surface area contributed by atoms with E-state index in [-0.39, 0.29) is 99.6 Å². The van der Waals surface area contributed by atoms with E-state index in [0.29, 0.717) is 91.6 Å². The van der Waals surface area contributed by atoms with E-state index in [4.69, 9.17) is 28.4 Å². The van der Waals surface area contributed by atoms with Crippen LogP contribution in [0.15, 0.2) is 0 Å². The number of nitrogens with zero attached hydrogens (tertiary/aromatic N) is 4. The lowest BCUT2D eigenvalue weighted by Gasteiger charge is -2.44. The Kier molecular flexibility index (Phi) is 51.2. The molecule has 504 valence electrons. The van der Waals surface area contributed by atoms with Gasteiger partial charge in [-0.05, 0) is 89.1 Å². The summed E-state index contributed by atoms with van der Waals surface area (Å²) >= 11 is 0. The van der Waals surface area contributed by atoms with E-state index < -0.39 is 0 Å². The number of esters is 6. The van der Waals surface area contributed by atoms with Crippen molar-refractivity contribution in [1.29, 1.82) is 0 Å². The predicted octanol–water partition coefficient (Wildman–Crippen LogP) is 14.4. The van der Waals surface area contributed by atoms with Gasteiger partial charge in [0.15, 0.2) is 0 Å². The monoisotopic (exact) mass is 1220 g/mol. The second-order valence-electron chi connectivity index (χ2n) is 26.7. The molecule has 1 aliphatic rings. The Hall–Kier alpha value is -3.34. The van der Waals surface area contributed by atoms with Crippen LogP contribution in [0.3, 0.4) is 0 Å². The van der Waals surface area contributed by atoms with Crippen LogP contribution in [0, 0.1) is 23.7 Å². The maximum atomic E-state index is 13.0. The van der Waals surface area contributed by atoms with Crippen LogP contribution in [0.4, 0.5) is 0 Å². The lowest BCUT2D eigenvalue weighted by Crippen LogP contribution is -2.57. The van der Waals surface area contributed by atoms with Crippen LogP contribution in [0.1, 0.15) is 275 Å². The van der Waals surface area contributed by atoms with E-state index in [0.717, 1.165) is 114 Å². The summed E-state index contributed by atoms with van der Waals surface area (Å²) in [4.78, 5) is 85.6. The van der Waals surface area contributed by atoms with Gasteiger partial charge in [-0.3, -0.25) is 38.6 Å². The second kappa shape index (κ2) is 54.6. The molecular weight excluding hydrogens is 1090 g/mol. The Morgan fingerprint density at radius 3 is 0.779 bits per heavy atom. The van der Waals surface area contributed by atoms with Gasteiger partial charge in [0.1, 0.15) is 13.2 Å². The van der Waals surface area contributed by atoms with Gasteiger partial charge in [-0.2, -0.15) is 0 Å². The van der Waals surface area contributed by atoms with E-state index in [1.807, 2.05) is 0 Å². The Labute approximate surface area is 526 Å². The number of carbonyl (C=O) groups excluding carboxylic acids is 6. The van der Waals surface area contributed by atoms with Gasteiger partial charge >= 0.3 is 35.8 Å². The quantitative estimate of drug-likeness (QED) is 0.0320. The van der Waals surface area contributed by atoms with Gasteiger partial charge < -0.3 is 38.2 Å². The fourth-order valence-electron chi connectivity index (χ4n) is 10.9. The molecule has 2 unspecified atom stereocenters. The third-order valence-corrected chi connectivity index (χ3v) is 16.5. The van der Waals surface area contributed by atoms with Gasteiger partial charge in [-0.15, -0.1) is 0 Å². The first kappa shape index (κ1) is 80.7. The summed E-state index contributed by atoms with van der Waals surface area (Å²) in [5.74, 6) is 1.44. The van der Waals surface area contributed by atoms with Gasteiger partial charge in [0.05, 0.1) is 52.1 Å². The molecule has 0 aromatic rings. The minimum Gasteiger partial charge on any atom is -0.466 e. The molecule has 86 heavy (non-hydrogen) atoms. The zero-order valence-corrected chi connectivity index (χ0v) is 57.1. The summed E-state index contributed by atoms with van der Waals surface area (Å²) in [5, 5.41) is 0. The number of ether oxygens (including phenoxy) is 6. The highest BCUT2D eigenvalue weighted by atomic mass is 16.6. The van der Waals surface area contributed by atoms with E-state index in [1.165, 1.54) is 77.0 Å². The number of unbranched alkanes of at least 4 members (excludes halogenated alkanes) is 16. The van der Waals surface area contributed by atoms with Crippen LogP contribution in [0.2, 0.25) is 0 Å². The Balaban J connectivity index is 2.53. The van der Waals surface area contributed by atoms with Gasteiger partial charge in [-0.1, -0.05) is 184 Å². The number of hydrogen-bond acceptors (Lipinski definition) is 16. The van der Waals surface area contributed by atoms with Crippen molar-refractivity contribution in [2.45, 2.75) is 287 Å². The van der Waals surface area contributed by atoms with Crippen molar-refractivity contribution in [3.05, 3.63) is 0 Å². The van der Waals surface area contributed by atoms with E-state index >= 15 is 0 Å². The highest BCUT2D eigenvalue weighted by molar-refractivity contribution is 5.71. The molecule has 0 N–H and O–H groups in total. The molecule has 1 heterocycles. The predicted molar refractivity (Wildman–Crippen MR) is 348 cm³/mol. The highest BCUT2D eigenvalue weighted by Gasteiger charge is 2.29. The largest absolute Gasteiger partial charge is 0.466 e. The molecule has 0 radical (unpaired) electrons. The average Bonchev–Trinajstić information content (AvgIpc) is 3.35. The first-order chi connectivity index (χ1) is 41.3. The molecule has 0 aliphatic carbocycles. The normalized spacial score (nSPS) is 14.9. The van der Waals surface area contributed by atoms with Gasteiger partial charge in [0.25, 0.3) is 0 Å². The molecular formula is C70H132N4O12. The molecule has 0 spiro atoms. The third-order valence-electron chi connectivity index (χ3n) is 16.5. The van der Waals surface area contributed by atoms with Crippen LogP contribution in [-0.4, -0.2) is 173 Å². The number of piperazine rings is 1. The van der Waals surface area contributed by atoms with Crippen molar-refractivity contribution in [1.82, 2.24) is 19.6 Å². The Bertz CT molecular complexity index is 1500. The number of hydrogen-bond donors (Lipinski definition) is 0. The summed E-state index contributed by atoms with van der Waals surface area (Å²) < 4.78 is 33.7. The minimum absolute atomic E-state index is 0.209. The molecule has 0 amide bonds. The smallest absolute Gasteiger partial charge is 0.307 e. The van der Waals surface area contributed by atoms with Crippen molar-refractivity contribution in [2.24, 2.45) is 23.7 Å². The molecule has 1 saturated heterocycles. The van der Waals surface area contributed by atoms with Gasteiger partial charge in [0, 0.05) is 77.3 Å². The van der Waals surface area contributed by atoms with Crippen molar-refractivity contribution in [3.63, 3.8) is 0 Å².